The van der Waals surface area contributed by atoms with Gasteiger partial charge in [0.25, 0.3) is 0 Å². The average Bonchev–Trinajstić information content (AvgIpc) is 3.16. The molecule has 0 saturated heterocycles. The van der Waals surface area contributed by atoms with Gasteiger partial charge in [0, 0.05) is 12.4 Å². The number of nitrogens with two attached hydrogens (primary N) is 1. The van der Waals surface area contributed by atoms with Crippen molar-refractivity contribution in [1.29, 1.82) is 0 Å². The molecule has 1 aliphatic carbocycles. The summed E-state index contributed by atoms with van der Waals surface area (Å²) in [5.74, 6) is 0.521. The van der Waals surface area contributed by atoms with Crippen molar-refractivity contribution in [2.75, 3.05) is 0 Å². The number of hydrogen-bond acceptors (Lipinski definition) is 2. The van der Waals surface area contributed by atoms with Gasteiger partial charge in [0.2, 0.25) is 0 Å². The number of rotatable bonds is 5. The molecule has 0 fully saturated rings. The number of nitrogens with zero attached hydrogens (tertiary/aromatic N) is 2. The van der Waals surface area contributed by atoms with Gasteiger partial charge < -0.3 is 5.73 Å². The van der Waals surface area contributed by atoms with Crippen LogP contribution in [0, 0.1) is 0 Å². The number of benzene rings is 2. The molecule has 0 spiro atoms. The van der Waals surface area contributed by atoms with E-state index in [2.05, 4.69) is 58.5 Å². The van der Waals surface area contributed by atoms with Gasteiger partial charge in [-0.05, 0) is 77.8 Å². The van der Waals surface area contributed by atoms with E-state index in [9.17, 15) is 0 Å². The van der Waals surface area contributed by atoms with Crippen molar-refractivity contribution >= 4 is 17.6 Å². The zero-order valence-electron chi connectivity index (χ0n) is 15.3. The third kappa shape index (κ3) is 4.50. The minimum atomic E-state index is 0.521. The minimum Gasteiger partial charge on any atom is -0.384 e. The predicted octanol–water partition coefficient (Wildman–Crippen LogP) is 4.86. The molecule has 0 bridgehead atoms. The van der Waals surface area contributed by atoms with Gasteiger partial charge in [-0.1, -0.05) is 42.5 Å². The zero-order chi connectivity index (χ0) is 18.5. The highest BCUT2D eigenvalue weighted by Crippen LogP contribution is 2.26. The van der Waals surface area contributed by atoms with Gasteiger partial charge in [0.1, 0.15) is 5.84 Å². The van der Waals surface area contributed by atoms with E-state index in [-0.39, 0.29) is 0 Å². The first-order valence-electron chi connectivity index (χ1n) is 9.38. The fraction of sp³-hybridized carbons (Fsp3) is 0.167. The molecule has 3 heteroatoms. The molecule has 0 unspecified atom stereocenters. The highest BCUT2D eigenvalue weighted by atomic mass is 14.8. The number of amidine groups is 1. The van der Waals surface area contributed by atoms with Crippen LogP contribution in [0.15, 0.2) is 78.1 Å². The van der Waals surface area contributed by atoms with Crippen LogP contribution in [0.1, 0.15) is 34.2 Å². The van der Waals surface area contributed by atoms with Crippen molar-refractivity contribution in [2.45, 2.75) is 25.7 Å². The van der Waals surface area contributed by atoms with Crippen LogP contribution in [-0.4, -0.2) is 10.8 Å². The highest BCUT2D eigenvalue weighted by Gasteiger charge is 2.10. The maximum Gasteiger partial charge on any atom is 0.124 e. The number of aromatic nitrogens is 1. The fourth-order valence-corrected chi connectivity index (χ4v) is 3.48. The zero-order valence-corrected chi connectivity index (χ0v) is 15.3. The van der Waals surface area contributed by atoms with E-state index in [0.717, 1.165) is 24.1 Å². The van der Waals surface area contributed by atoms with Crippen LogP contribution in [0.4, 0.5) is 5.69 Å². The van der Waals surface area contributed by atoms with Crippen molar-refractivity contribution < 1.29 is 0 Å². The van der Waals surface area contributed by atoms with Crippen molar-refractivity contribution in [2.24, 2.45) is 10.7 Å². The molecule has 4 rings (SSSR count). The minimum absolute atomic E-state index is 0.521. The molecule has 1 heterocycles. The largest absolute Gasteiger partial charge is 0.384 e. The number of hydrogen-bond donors (Lipinski definition) is 1. The molecule has 3 aromatic rings. The first-order valence-corrected chi connectivity index (χ1v) is 9.38. The van der Waals surface area contributed by atoms with Crippen molar-refractivity contribution in [1.82, 2.24) is 4.98 Å². The highest BCUT2D eigenvalue weighted by molar-refractivity contribution is 5.96. The number of fused-ring (bicyclic) bond motifs is 1. The van der Waals surface area contributed by atoms with Crippen LogP contribution >= 0.6 is 0 Å². The van der Waals surface area contributed by atoms with Crippen LogP contribution in [0.25, 0.3) is 6.08 Å². The van der Waals surface area contributed by atoms with E-state index in [1.54, 1.807) is 6.20 Å². The molecule has 3 nitrogen and oxygen atoms in total. The van der Waals surface area contributed by atoms with Gasteiger partial charge in [-0.3, -0.25) is 4.98 Å². The Morgan fingerprint density at radius 2 is 1.85 bits per heavy atom. The van der Waals surface area contributed by atoms with Gasteiger partial charge in [0.15, 0.2) is 0 Å². The van der Waals surface area contributed by atoms with E-state index >= 15 is 0 Å². The second kappa shape index (κ2) is 8.00. The van der Waals surface area contributed by atoms with E-state index in [1.165, 1.54) is 35.1 Å². The molecule has 134 valence electrons. The SMILES string of the molecule is NC(C=Cc1ccc(Cc2cccnc2)cc1)=Nc1ccc2c(c1)CCC2. The topological polar surface area (TPSA) is 51.3 Å². The van der Waals surface area contributed by atoms with Crippen LogP contribution in [0.2, 0.25) is 0 Å². The Morgan fingerprint density at radius 1 is 1.00 bits per heavy atom. The summed E-state index contributed by atoms with van der Waals surface area (Å²) in [5.41, 5.74) is 13.5. The Balaban J connectivity index is 1.41. The molecule has 0 atom stereocenters. The third-order valence-corrected chi connectivity index (χ3v) is 4.90. The third-order valence-electron chi connectivity index (χ3n) is 4.90. The molecule has 1 aromatic heterocycles. The summed E-state index contributed by atoms with van der Waals surface area (Å²) in [6.45, 7) is 0. The summed E-state index contributed by atoms with van der Waals surface area (Å²) in [5, 5.41) is 0. The molecule has 2 N–H and O–H groups in total. The van der Waals surface area contributed by atoms with Crippen molar-refractivity contribution in [3.05, 3.63) is 101 Å². The summed E-state index contributed by atoms with van der Waals surface area (Å²) < 4.78 is 0. The molecule has 0 amide bonds. The van der Waals surface area contributed by atoms with Gasteiger partial charge in [-0.25, -0.2) is 4.99 Å². The summed E-state index contributed by atoms with van der Waals surface area (Å²) in [4.78, 5) is 8.69. The first kappa shape index (κ1) is 17.2. The van der Waals surface area contributed by atoms with Gasteiger partial charge in [0.05, 0.1) is 5.69 Å². The Kier molecular flexibility index (Phi) is 5.10. The fourth-order valence-electron chi connectivity index (χ4n) is 3.48. The van der Waals surface area contributed by atoms with Gasteiger partial charge >= 0.3 is 0 Å². The van der Waals surface area contributed by atoms with Crippen molar-refractivity contribution in [3.8, 4) is 0 Å². The molecule has 2 aromatic carbocycles. The quantitative estimate of drug-likeness (QED) is 0.526. The molecule has 0 saturated carbocycles. The maximum absolute atomic E-state index is 6.09. The second-order valence-corrected chi connectivity index (χ2v) is 6.96. The Morgan fingerprint density at radius 3 is 2.67 bits per heavy atom. The van der Waals surface area contributed by atoms with Crippen LogP contribution < -0.4 is 5.73 Å². The maximum atomic E-state index is 6.09. The standard InChI is InChI=1S/C24H23N3/c25-24(27-23-12-11-21-4-1-5-22(21)16-23)13-10-18-6-8-19(9-7-18)15-20-3-2-14-26-17-20/h2-3,6-14,16-17H,1,4-5,15H2,(H2,25,27). The first-order chi connectivity index (χ1) is 13.3. The van der Waals surface area contributed by atoms with Crippen molar-refractivity contribution in [3.63, 3.8) is 0 Å². The van der Waals surface area contributed by atoms with Gasteiger partial charge in [-0.2, -0.15) is 0 Å². The van der Waals surface area contributed by atoms with Crippen LogP contribution in [-0.2, 0) is 19.3 Å². The predicted molar refractivity (Wildman–Crippen MR) is 112 cm³/mol. The summed E-state index contributed by atoms with van der Waals surface area (Å²) in [6, 6.07) is 18.9. The second-order valence-electron chi connectivity index (χ2n) is 6.96. The van der Waals surface area contributed by atoms with E-state index in [4.69, 9.17) is 5.73 Å². The Labute approximate surface area is 160 Å². The number of aryl methyl sites for hydroxylation is 2. The Hall–Kier alpha value is -3.20. The van der Waals surface area contributed by atoms with E-state index < -0.39 is 0 Å². The normalized spacial score (nSPS) is 13.9. The van der Waals surface area contributed by atoms with E-state index in [0.29, 0.717) is 5.84 Å². The average molecular weight is 353 g/mol. The van der Waals surface area contributed by atoms with Crippen LogP contribution in [0.5, 0.6) is 0 Å². The van der Waals surface area contributed by atoms with Crippen LogP contribution in [0.3, 0.4) is 0 Å². The summed E-state index contributed by atoms with van der Waals surface area (Å²) in [7, 11) is 0. The smallest absolute Gasteiger partial charge is 0.124 e. The van der Waals surface area contributed by atoms with E-state index in [1.807, 2.05) is 24.4 Å². The molecular formula is C24H23N3. The molecule has 27 heavy (non-hydrogen) atoms. The van der Waals surface area contributed by atoms with Gasteiger partial charge in [-0.15, -0.1) is 0 Å². The molecule has 0 aliphatic heterocycles. The summed E-state index contributed by atoms with van der Waals surface area (Å²) >= 11 is 0. The monoisotopic (exact) mass is 353 g/mol. The number of pyridine rings is 1. The lowest BCUT2D eigenvalue weighted by Gasteiger charge is -2.02. The lowest BCUT2D eigenvalue weighted by molar-refractivity contribution is 0.912. The molecular weight excluding hydrogens is 330 g/mol. The lowest BCUT2D eigenvalue weighted by atomic mass is 10.0. The molecule has 1 aliphatic rings. The summed E-state index contributed by atoms with van der Waals surface area (Å²) in [6.07, 6.45) is 12.0. The number of aliphatic imine (C=N–C) groups is 1. The lowest BCUT2D eigenvalue weighted by Crippen LogP contribution is -2.06. The Bertz CT molecular complexity index is 970. The molecule has 0 radical (unpaired) electrons.